The summed E-state index contributed by atoms with van der Waals surface area (Å²) in [5.41, 5.74) is 4.00. The molecule has 0 heterocycles. The maximum absolute atomic E-state index is 12.3. The van der Waals surface area contributed by atoms with Crippen molar-refractivity contribution in [2.75, 3.05) is 5.32 Å². The van der Waals surface area contributed by atoms with E-state index in [9.17, 15) is 9.59 Å². The van der Waals surface area contributed by atoms with Crippen molar-refractivity contribution in [2.45, 2.75) is 33.2 Å². The largest absolute Gasteiger partial charge is 0.349 e. The number of anilines is 1. The summed E-state index contributed by atoms with van der Waals surface area (Å²) in [6.07, 6.45) is 0.191. The first-order chi connectivity index (χ1) is 11.0. The molecule has 2 aromatic carbocycles. The summed E-state index contributed by atoms with van der Waals surface area (Å²) in [6.45, 7) is 5.50. The van der Waals surface area contributed by atoms with Crippen molar-refractivity contribution in [3.8, 4) is 0 Å². The molecule has 0 unspecified atom stereocenters. The molecule has 0 bridgehead atoms. The predicted octanol–water partition coefficient (Wildman–Crippen LogP) is 3.51. The van der Waals surface area contributed by atoms with Crippen LogP contribution in [0.1, 0.15) is 36.1 Å². The monoisotopic (exact) mass is 310 g/mol. The first-order valence-corrected chi connectivity index (χ1v) is 7.65. The lowest BCUT2D eigenvalue weighted by atomic mass is 10.0. The zero-order valence-corrected chi connectivity index (χ0v) is 13.7. The van der Waals surface area contributed by atoms with Crippen LogP contribution in [-0.4, -0.2) is 11.8 Å². The molecule has 0 spiro atoms. The first kappa shape index (κ1) is 16.7. The number of hydrogen-bond donors (Lipinski definition) is 2. The average molecular weight is 310 g/mol. The summed E-state index contributed by atoms with van der Waals surface area (Å²) in [5.74, 6) is -0.284. The number of aryl methyl sites for hydroxylation is 2. The minimum atomic E-state index is -0.333. The third-order valence-corrected chi connectivity index (χ3v) is 3.76. The van der Waals surface area contributed by atoms with Gasteiger partial charge in [-0.3, -0.25) is 9.59 Å². The molecule has 2 aromatic rings. The van der Waals surface area contributed by atoms with Gasteiger partial charge in [0.25, 0.3) is 0 Å². The number of hydrogen-bond acceptors (Lipinski definition) is 2. The lowest BCUT2D eigenvalue weighted by Gasteiger charge is -2.18. The number of carbonyl (C=O) groups excluding carboxylic acids is 2. The summed E-state index contributed by atoms with van der Waals surface area (Å²) < 4.78 is 0. The van der Waals surface area contributed by atoms with Crippen LogP contribution in [0.15, 0.2) is 48.5 Å². The molecule has 0 aliphatic rings. The van der Waals surface area contributed by atoms with Crippen LogP contribution in [0.25, 0.3) is 0 Å². The molecule has 0 aliphatic heterocycles. The van der Waals surface area contributed by atoms with E-state index < -0.39 is 0 Å². The van der Waals surface area contributed by atoms with Gasteiger partial charge in [-0.1, -0.05) is 36.4 Å². The molecule has 0 aromatic heterocycles. The number of rotatable bonds is 5. The zero-order valence-electron chi connectivity index (χ0n) is 13.7. The van der Waals surface area contributed by atoms with E-state index in [2.05, 4.69) is 10.6 Å². The van der Waals surface area contributed by atoms with Gasteiger partial charge in [0, 0.05) is 12.6 Å². The summed E-state index contributed by atoms with van der Waals surface area (Å²) >= 11 is 0. The minimum absolute atomic E-state index is 0.129. The molecule has 4 nitrogen and oxygen atoms in total. The third-order valence-electron chi connectivity index (χ3n) is 3.76. The SMILES string of the molecule is CC(=O)N[C@H](CC(=O)Nc1ccc(C)c(C)c1)c1ccccc1. The molecule has 2 rings (SSSR count). The van der Waals surface area contributed by atoms with Crippen molar-refractivity contribution >= 4 is 17.5 Å². The normalized spacial score (nSPS) is 11.6. The fraction of sp³-hybridized carbons (Fsp3) is 0.263. The van der Waals surface area contributed by atoms with Gasteiger partial charge >= 0.3 is 0 Å². The van der Waals surface area contributed by atoms with Crippen molar-refractivity contribution in [1.29, 1.82) is 0 Å². The molecule has 4 heteroatoms. The second kappa shape index (κ2) is 7.58. The van der Waals surface area contributed by atoms with Gasteiger partial charge < -0.3 is 10.6 Å². The number of benzene rings is 2. The highest BCUT2D eigenvalue weighted by Crippen LogP contribution is 2.19. The lowest BCUT2D eigenvalue weighted by Crippen LogP contribution is -2.29. The molecular formula is C19H22N2O2. The highest BCUT2D eigenvalue weighted by molar-refractivity contribution is 5.91. The van der Waals surface area contributed by atoms with Crippen molar-refractivity contribution in [2.24, 2.45) is 0 Å². The van der Waals surface area contributed by atoms with E-state index in [0.717, 1.165) is 16.8 Å². The Balaban J connectivity index is 2.08. The van der Waals surface area contributed by atoms with Gasteiger partial charge in [-0.05, 0) is 42.7 Å². The Labute approximate surface area is 136 Å². The number of amides is 2. The van der Waals surface area contributed by atoms with E-state index in [1.165, 1.54) is 12.5 Å². The van der Waals surface area contributed by atoms with Crippen molar-refractivity contribution in [3.05, 3.63) is 65.2 Å². The third kappa shape index (κ3) is 4.95. The van der Waals surface area contributed by atoms with Crippen LogP contribution in [0.2, 0.25) is 0 Å². The van der Waals surface area contributed by atoms with Crippen molar-refractivity contribution < 1.29 is 9.59 Å². The smallest absolute Gasteiger partial charge is 0.226 e. The molecule has 0 fully saturated rings. The topological polar surface area (TPSA) is 58.2 Å². The Bertz CT molecular complexity index is 696. The second-order valence-electron chi connectivity index (χ2n) is 5.72. The molecule has 23 heavy (non-hydrogen) atoms. The van der Waals surface area contributed by atoms with Gasteiger partial charge in [-0.2, -0.15) is 0 Å². The van der Waals surface area contributed by atoms with Crippen molar-refractivity contribution in [1.82, 2.24) is 5.32 Å². The average Bonchev–Trinajstić information content (AvgIpc) is 2.51. The Morgan fingerprint density at radius 2 is 1.70 bits per heavy atom. The molecular weight excluding hydrogens is 288 g/mol. The zero-order chi connectivity index (χ0) is 16.8. The van der Waals surface area contributed by atoms with Crippen LogP contribution in [0, 0.1) is 13.8 Å². The van der Waals surface area contributed by atoms with Crippen LogP contribution < -0.4 is 10.6 Å². The Hall–Kier alpha value is -2.62. The van der Waals surface area contributed by atoms with Crippen LogP contribution >= 0.6 is 0 Å². The Morgan fingerprint density at radius 3 is 2.30 bits per heavy atom. The van der Waals surface area contributed by atoms with Crippen molar-refractivity contribution in [3.63, 3.8) is 0 Å². The minimum Gasteiger partial charge on any atom is -0.349 e. The quantitative estimate of drug-likeness (QED) is 0.888. The molecule has 1 atom stereocenters. The van der Waals surface area contributed by atoms with Gasteiger partial charge in [0.15, 0.2) is 0 Å². The number of carbonyl (C=O) groups is 2. The maximum atomic E-state index is 12.3. The van der Waals surface area contributed by atoms with E-state index in [4.69, 9.17) is 0 Å². The molecule has 0 saturated heterocycles. The summed E-state index contributed by atoms with van der Waals surface area (Å²) in [6, 6.07) is 15.0. The van der Waals surface area contributed by atoms with Crippen LogP contribution in [0.5, 0.6) is 0 Å². The van der Waals surface area contributed by atoms with Gasteiger partial charge in [0.2, 0.25) is 11.8 Å². The highest BCUT2D eigenvalue weighted by Gasteiger charge is 2.17. The van der Waals surface area contributed by atoms with Gasteiger partial charge in [0.1, 0.15) is 0 Å². The molecule has 0 aliphatic carbocycles. The van der Waals surface area contributed by atoms with E-state index in [1.54, 1.807) is 0 Å². The number of nitrogens with one attached hydrogen (secondary N) is 2. The van der Waals surface area contributed by atoms with E-state index in [-0.39, 0.29) is 24.3 Å². The Morgan fingerprint density at radius 1 is 1.00 bits per heavy atom. The fourth-order valence-corrected chi connectivity index (χ4v) is 2.40. The van der Waals surface area contributed by atoms with E-state index in [1.807, 2.05) is 62.4 Å². The highest BCUT2D eigenvalue weighted by atomic mass is 16.2. The molecule has 120 valence electrons. The lowest BCUT2D eigenvalue weighted by molar-refractivity contribution is -0.120. The van der Waals surface area contributed by atoms with Gasteiger partial charge in [-0.25, -0.2) is 0 Å². The molecule has 0 saturated carbocycles. The predicted molar refractivity (Wildman–Crippen MR) is 92.2 cm³/mol. The molecule has 2 N–H and O–H groups in total. The van der Waals surface area contributed by atoms with E-state index >= 15 is 0 Å². The standard InChI is InChI=1S/C19H22N2O2/c1-13-9-10-17(11-14(13)2)21-19(23)12-18(20-15(3)22)16-7-5-4-6-8-16/h4-11,18H,12H2,1-3H3,(H,20,22)(H,21,23)/t18-/m1/s1. The fourth-order valence-electron chi connectivity index (χ4n) is 2.40. The molecule has 2 amide bonds. The summed E-state index contributed by atoms with van der Waals surface area (Å²) in [4.78, 5) is 23.7. The van der Waals surface area contributed by atoms with E-state index in [0.29, 0.717) is 0 Å². The second-order valence-corrected chi connectivity index (χ2v) is 5.72. The van der Waals surface area contributed by atoms with Crippen LogP contribution in [0.3, 0.4) is 0 Å². The van der Waals surface area contributed by atoms with Gasteiger partial charge in [-0.15, -0.1) is 0 Å². The Kier molecular flexibility index (Phi) is 5.52. The summed E-state index contributed by atoms with van der Waals surface area (Å²) in [5, 5.41) is 5.73. The van der Waals surface area contributed by atoms with Gasteiger partial charge in [0.05, 0.1) is 12.5 Å². The summed E-state index contributed by atoms with van der Waals surface area (Å²) in [7, 11) is 0. The molecule has 0 radical (unpaired) electrons. The maximum Gasteiger partial charge on any atom is 0.226 e. The first-order valence-electron chi connectivity index (χ1n) is 7.65. The van der Waals surface area contributed by atoms with Crippen LogP contribution in [0.4, 0.5) is 5.69 Å². The van der Waals surface area contributed by atoms with Crippen LogP contribution in [-0.2, 0) is 9.59 Å².